The Balaban J connectivity index is 1.93. The van der Waals surface area contributed by atoms with Crippen molar-refractivity contribution in [2.75, 3.05) is 18.1 Å². The Labute approximate surface area is 116 Å². The van der Waals surface area contributed by atoms with Gasteiger partial charge in [-0.3, -0.25) is 0 Å². The normalized spacial score (nSPS) is 24.1. The molecular formula is C15H23NO2S. The Morgan fingerprint density at radius 3 is 2.53 bits per heavy atom. The van der Waals surface area contributed by atoms with Crippen LogP contribution < -0.4 is 5.32 Å². The molecule has 1 N–H and O–H groups in total. The summed E-state index contributed by atoms with van der Waals surface area (Å²) in [5, 5.41) is 3.38. The van der Waals surface area contributed by atoms with Gasteiger partial charge in [-0.2, -0.15) is 0 Å². The van der Waals surface area contributed by atoms with Crippen LogP contribution in [0.15, 0.2) is 29.2 Å². The van der Waals surface area contributed by atoms with Gasteiger partial charge in [0.05, 0.1) is 4.90 Å². The summed E-state index contributed by atoms with van der Waals surface area (Å²) in [6.45, 7) is 3.26. The van der Waals surface area contributed by atoms with E-state index in [1.165, 1.54) is 31.9 Å². The molecule has 1 aromatic rings. The van der Waals surface area contributed by atoms with Crippen LogP contribution in [0.2, 0.25) is 0 Å². The number of benzene rings is 1. The Morgan fingerprint density at radius 2 is 1.89 bits per heavy atom. The van der Waals surface area contributed by atoms with Crippen molar-refractivity contribution >= 4 is 15.5 Å². The average molecular weight is 281 g/mol. The largest absolute Gasteiger partial charge is 0.385 e. The van der Waals surface area contributed by atoms with Crippen LogP contribution in [0.1, 0.15) is 32.6 Å². The average Bonchev–Trinajstić information content (AvgIpc) is 2.37. The molecule has 1 aliphatic carbocycles. The molecule has 0 saturated heterocycles. The molecule has 0 spiro atoms. The van der Waals surface area contributed by atoms with Crippen LogP contribution in [0.3, 0.4) is 0 Å². The van der Waals surface area contributed by atoms with E-state index in [4.69, 9.17) is 0 Å². The quantitative estimate of drug-likeness (QED) is 0.921. The molecule has 4 heteroatoms. The van der Waals surface area contributed by atoms with Crippen LogP contribution in [0.25, 0.3) is 0 Å². The molecule has 0 bridgehead atoms. The second-order valence-electron chi connectivity index (χ2n) is 5.81. The van der Waals surface area contributed by atoms with Gasteiger partial charge in [-0.15, -0.1) is 0 Å². The van der Waals surface area contributed by atoms with Crippen molar-refractivity contribution in [2.24, 2.45) is 11.8 Å². The zero-order chi connectivity index (χ0) is 13.9. The first-order valence-electron chi connectivity index (χ1n) is 6.99. The summed E-state index contributed by atoms with van der Waals surface area (Å²) in [4.78, 5) is 0.384. The molecule has 0 atom stereocenters. The topological polar surface area (TPSA) is 46.2 Å². The van der Waals surface area contributed by atoms with Gasteiger partial charge in [0.25, 0.3) is 0 Å². The van der Waals surface area contributed by atoms with Crippen LogP contribution in [-0.2, 0) is 9.84 Å². The Kier molecular flexibility index (Phi) is 4.50. The van der Waals surface area contributed by atoms with Gasteiger partial charge in [-0.25, -0.2) is 8.42 Å². The molecule has 0 aliphatic heterocycles. The Bertz CT molecular complexity index is 517. The molecule has 0 amide bonds. The molecule has 3 nitrogen and oxygen atoms in total. The lowest BCUT2D eigenvalue weighted by molar-refractivity contribution is 0.300. The van der Waals surface area contributed by atoms with E-state index in [0.717, 1.165) is 24.1 Å². The summed E-state index contributed by atoms with van der Waals surface area (Å²) in [6.07, 6.45) is 6.43. The first kappa shape index (κ1) is 14.4. The lowest BCUT2D eigenvalue weighted by Gasteiger charge is -2.26. The standard InChI is InChI=1S/C15H23NO2S/c1-12-6-8-13(9-7-12)11-16-14-4-3-5-15(10-14)19(2,17)18/h3-5,10,12-13,16H,6-9,11H2,1-2H3. The molecule has 0 aromatic heterocycles. The zero-order valence-corrected chi connectivity index (χ0v) is 12.5. The fraction of sp³-hybridized carbons (Fsp3) is 0.600. The van der Waals surface area contributed by atoms with Crippen LogP contribution in [0.4, 0.5) is 5.69 Å². The monoisotopic (exact) mass is 281 g/mol. The predicted octanol–water partition coefficient (Wildman–Crippen LogP) is 3.33. The minimum Gasteiger partial charge on any atom is -0.385 e. The molecule has 0 heterocycles. The van der Waals surface area contributed by atoms with E-state index < -0.39 is 9.84 Å². The van der Waals surface area contributed by atoms with E-state index in [0.29, 0.717) is 4.90 Å². The molecule has 0 unspecified atom stereocenters. The fourth-order valence-electron chi connectivity index (χ4n) is 2.63. The summed E-state index contributed by atoms with van der Waals surface area (Å²) in [5.74, 6) is 1.59. The van der Waals surface area contributed by atoms with Crippen molar-refractivity contribution in [1.82, 2.24) is 0 Å². The number of sulfone groups is 1. The first-order valence-corrected chi connectivity index (χ1v) is 8.88. The molecule has 1 saturated carbocycles. The molecule has 1 fully saturated rings. The van der Waals surface area contributed by atoms with Gasteiger partial charge < -0.3 is 5.32 Å². The molecule has 106 valence electrons. The van der Waals surface area contributed by atoms with E-state index in [2.05, 4.69) is 12.2 Å². The highest BCUT2D eigenvalue weighted by atomic mass is 32.2. The van der Waals surface area contributed by atoms with Crippen LogP contribution in [0, 0.1) is 11.8 Å². The van der Waals surface area contributed by atoms with Gasteiger partial charge in [-0.1, -0.05) is 25.8 Å². The van der Waals surface area contributed by atoms with Gasteiger partial charge in [0.2, 0.25) is 0 Å². The van der Waals surface area contributed by atoms with Crippen LogP contribution in [0.5, 0.6) is 0 Å². The minimum absolute atomic E-state index is 0.384. The van der Waals surface area contributed by atoms with Gasteiger partial charge in [0.1, 0.15) is 0 Å². The molecule has 1 aromatic carbocycles. The summed E-state index contributed by atoms with van der Waals surface area (Å²) in [7, 11) is -3.12. The maximum atomic E-state index is 11.5. The Hall–Kier alpha value is -1.03. The van der Waals surface area contributed by atoms with Gasteiger partial charge in [-0.05, 0) is 42.9 Å². The van der Waals surface area contributed by atoms with Gasteiger partial charge >= 0.3 is 0 Å². The van der Waals surface area contributed by atoms with E-state index in [1.54, 1.807) is 18.2 Å². The number of nitrogens with one attached hydrogen (secondary N) is 1. The molecule has 19 heavy (non-hydrogen) atoms. The molecular weight excluding hydrogens is 258 g/mol. The third-order valence-corrected chi connectivity index (χ3v) is 5.10. The summed E-state index contributed by atoms with van der Waals surface area (Å²) in [5.41, 5.74) is 0.904. The maximum Gasteiger partial charge on any atom is 0.175 e. The summed E-state index contributed by atoms with van der Waals surface area (Å²) >= 11 is 0. The second kappa shape index (κ2) is 5.95. The number of hydrogen-bond donors (Lipinski definition) is 1. The SMILES string of the molecule is CC1CCC(CNc2cccc(S(C)(=O)=O)c2)CC1. The third kappa shape index (κ3) is 4.23. The van der Waals surface area contributed by atoms with Crippen LogP contribution in [-0.4, -0.2) is 21.2 Å². The van der Waals surface area contributed by atoms with Crippen molar-refractivity contribution in [3.63, 3.8) is 0 Å². The highest BCUT2D eigenvalue weighted by Gasteiger charge is 2.17. The Morgan fingerprint density at radius 1 is 1.21 bits per heavy atom. The summed E-state index contributed by atoms with van der Waals surface area (Å²) < 4.78 is 23.0. The first-order chi connectivity index (χ1) is 8.95. The van der Waals surface area contributed by atoms with E-state index in [1.807, 2.05) is 6.07 Å². The smallest absolute Gasteiger partial charge is 0.175 e. The van der Waals surface area contributed by atoms with Crippen molar-refractivity contribution in [3.05, 3.63) is 24.3 Å². The highest BCUT2D eigenvalue weighted by molar-refractivity contribution is 7.90. The van der Waals surface area contributed by atoms with E-state index in [9.17, 15) is 8.42 Å². The maximum absolute atomic E-state index is 11.5. The van der Waals surface area contributed by atoms with Crippen molar-refractivity contribution in [3.8, 4) is 0 Å². The van der Waals surface area contributed by atoms with Gasteiger partial charge in [0.15, 0.2) is 9.84 Å². The van der Waals surface area contributed by atoms with Gasteiger partial charge in [0, 0.05) is 18.5 Å². The van der Waals surface area contributed by atoms with E-state index in [-0.39, 0.29) is 0 Å². The molecule has 1 aliphatic rings. The predicted molar refractivity (Wildman–Crippen MR) is 79.2 cm³/mol. The number of rotatable bonds is 4. The fourth-order valence-corrected chi connectivity index (χ4v) is 3.30. The third-order valence-electron chi connectivity index (χ3n) is 3.99. The summed E-state index contributed by atoms with van der Waals surface area (Å²) in [6, 6.07) is 7.09. The molecule has 2 rings (SSSR count). The second-order valence-corrected chi connectivity index (χ2v) is 7.82. The minimum atomic E-state index is -3.12. The number of hydrogen-bond acceptors (Lipinski definition) is 3. The zero-order valence-electron chi connectivity index (χ0n) is 11.7. The molecule has 0 radical (unpaired) electrons. The lowest BCUT2D eigenvalue weighted by Crippen LogP contribution is -2.20. The van der Waals surface area contributed by atoms with Crippen molar-refractivity contribution in [1.29, 1.82) is 0 Å². The van der Waals surface area contributed by atoms with E-state index >= 15 is 0 Å². The van der Waals surface area contributed by atoms with Crippen LogP contribution >= 0.6 is 0 Å². The van der Waals surface area contributed by atoms with Crippen molar-refractivity contribution in [2.45, 2.75) is 37.5 Å². The number of anilines is 1. The van der Waals surface area contributed by atoms with Crippen molar-refractivity contribution < 1.29 is 8.42 Å². The lowest BCUT2D eigenvalue weighted by atomic mass is 9.83. The highest BCUT2D eigenvalue weighted by Crippen LogP contribution is 2.28.